The third-order valence-electron chi connectivity index (χ3n) is 2.66. The minimum Gasteiger partial charge on any atom is -0.508 e. The van der Waals surface area contributed by atoms with E-state index in [9.17, 15) is 9.90 Å². The molecule has 0 unspecified atom stereocenters. The Morgan fingerprint density at radius 1 is 1.12 bits per heavy atom. The zero-order valence-corrected chi connectivity index (χ0v) is 9.47. The molecule has 2 rings (SSSR count). The number of phenolic OH excluding ortho intramolecular Hbond substituents is 1. The second-order valence-electron chi connectivity index (χ2n) is 3.92. The van der Waals surface area contributed by atoms with Crippen LogP contribution in [0, 0.1) is 6.92 Å². The van der Waals surface area contributed by atoms with Crippen LogP contribution >= 0.6 is 0 Å². The van der Waals surface area contributed by atoms with Crippen molar-refractivity contribution in [3.05, 3.63) is 59.2 Å². The van der Waals surface area contributed by atoms with Gasteiger partial charge in [-0.1, -0.05) is 12.1 Å². The van der Waals surface area contributed by atoms with E-state index in [1.165, 1.54) is 6.07 Å². The maximum Gasteiger partial charge on any atom is 0.195 e. The van der Waals surface area contributed by atoms with Gasteiger partial charge in [-0.3, -0.25) is 4.79 Å². The number of nitrogen functional groups attached to an aromatic ring is 1. The highest BCUT2D eigenvalue weighted by molar-refractivity contribution is 6.12. The van der Waals surface area contributed by atoms with Crippen molar-refractivity contribution in [2.75, 3.05) is 5.73 Å². The molecule has 0 atom stereocenters. The molecule has 0 saturated carbocycles. The average Bonchev–Trinajstić information content (AvgIpc) is 2.29. The van der Waals surface area contributed by atoms with Gasteiger partial charge in [0.1, 0.15) is 5.75 Å². The average molecular weight is 227 g/mol. The number of hydrogen-bond donors (Lipinski definition) is 2. The molecule has 0 bridgehead atoms. The number of carbonyl (C=O) groups excluding carboxylic acids is 1. The van der Waals surface area contributed by atoms with E-state index in [0.717, 1.165) is 5.56 Å². The Labute approximate surface area is 99.5 Å². The molecule has 2 aromatic rings. The molecule has 2 aromatic carbocycles. The first-order valence-electron chi connectivity index (χ1n) is 5.28. The monoisotopic (exact) mass is 227 g/mol. The lowest BCUT2D eigenvalue weighted by atomic mass is 9.98. The predicted octanol–water partition coefficient (Wildman–Crippen LogP) is 2.51. The lowest BCUT2D eigenvalue weighted by Gasteiger charge is -2.07. The molecule has 3 nitrogen and oxygen atoms in total. The highest BCUT2D eigenvalue weighted by Crippen LogP contribution is 2.21. The Bertz CT molecular complexity index is 576. The van der Waals surface area contributed by atoms with Gasteiger partial charge in [-0.15, -0.1) is 0 Å². The molecular formula is C14H13NO2. The lowest BCUT2D eigenvalue weighted by Crippen LogP contribution is -2.06. The first kappa shape index (κ1) is 11.2. The maximum absolute atomic E-state index is 12.2. The number of aryl methyl sites for hydroxylation is 1. The van der Waals surface area contributed by atoms with Crippen LogP contribution in [0.5, 0.6) is 5.75 Å². The van der Waals surface area contributed by atoms with Crippen LogP contribution in [-0.2, 0) is 0 Å². The lowest BCUT2D eigenvalue weighted by molar-refractivity contribution is 0.103. The number of aromatic hydroxyl groups is 1. The van der Waals surface area contributed by atoms with E-state index in [0.29, 0.717) is 16.8 Å². The van der Waals surface area contributed by atoms with Crippen molar-refractivity contribution in [2.24, 2.45) is 0 Å². The summed E-state index contributed by atoms with van der Waals surface area (Å²) in [5.41, 5.74) is 8.01. The fourth-order valence-electron chi connectivity index (χ4n) is 1.75. The number of phenols is 1. The van der Waals surface area contributed by atoms with Gasteiger partial charge < -0.3 is 10.8 Å². The van der Waals surface area contributed by atoms with Crippen LogP contribution in [0.4, 0.5) is 5.69 Å². The molecular weight excluding hydrogens is 214 g/mol. The van der Waals surface area contributed by atoms with Gasteiger partial charge in [-0.2, -0.15) is 0 Å². The van der Waals surface area contributed by atoms with E-state index < -0.39 is 0 Å². The van der Waals surface area contributed by atoms with Crippen molar-refractivity contribution in [3.8, 4) is 5.75 Å². The summed E-state index contributed by atoms with van der Waals surface area (Å²) in [6.07, 6.45) is 0. The number of ketones is 1. The minimum absolute atomic E-state index is 0.124. The first-order chi connectivity index (χ1) is 8.09. The fourth-order valence-corrected chi connectivity index (χ4v) is 1.75. The van der Waals surface area contributed by atoms with Crippen molar-refractivity contribution in [2.45, 2.75) is 6.92 Å². The Hall–Kier alpha value is -2.29. The fraction of sp³-hybridized carbons (Fsp3) is 0.0714. The molecule has 0 aliphatic carbocycles. The third-order valence-corrected chi connectivity index (χ3v) is 2.66. The SMILES string of the molecule is Cc1cc(O)ccc1C(=O)c1ccccc1N. The van der Waals surface area contributed by atoms with Crippen molar-refractivity contribution in [1.29, 1.82) is 0 Å². The molecule has 0 radical (unpaired) electrons. The quantitative estimate of drug-likeness (QED) is 0.612. The van der Waals surface area contributed by atoms with Gasteiger partial charge in [0.2, 0.25) is 0 Å². The largest absolute Gasteiger partial charge is 0.508 e. The second kappa shape index (κ2) is 4.29. The summed E-state index contributed by atoms with van der Waals surface area (Å²) in [6.45, 7) is 1.78. The summed E-state index contributed by atoms with van der Waals surface area (Å²) < 4.78 is 0. The standard InChI is InChI=1S/C14H13NO2/c1-9-8-10(16)6-7-11(9)14(17)12-4-2-3-5-13(12)15/h2-8,16H,15H2,1H3. The topological polar surface area (TPSA) is 63.3 Å². The van der Waals surface area contributed by atoms with Crippen LogP contribution in [-0.4, -0.2) is 10.9 Å². The van der Waals surface area contributed by atoms with Crippen LogP contribution in [0.15, 0.2) is 42.5 Å². The van der Waals surface area contributed by atoms with Gasteiger partial charge in [0.25, 0.3) is 0 Å². The number of para-hydroxylation sites is 1. The van der Waals surface area contributed by atoms with Gasteiger partial charge in [0.15, 0.2) is 5.78 Å². The van der Waals surface area contributed by atoms with Crippen LogP contribution in [0.1, 0.15) is 21.5 Å². The number of nitrogens with two attached hydrogens (primary N) is 1. The van der Waals surface area contributed by atoms with Gasteiger partial charge in [0.05, 0.1) is 0 Å². The minimum atomic E-state index is -0.124. The summed E-state index contributed by atoms with van der Waals surface area (Å²) in [6, 6.07) is 11.6. The van der Waals surface area contributed by atoms with Crippen LogP contribution in [0.2, 0.25) is 0 Å². The zero-order chi connectivity index (χ0) is 12.4. The number of anilines is 1. The normalized spacial score (nSPS) is 10.2. The molecule has 0 aromatic heterocycles. The van der Waals surface area contributed by atoms with Crippen molar-refractivity contribution in [1.82, 2.24) is 0 Å². The molecule has 0 aliphatic rings. The molecule has 0 heterocycles. The molecule has 86 valence electrons. The smallest absolute Gasteiger partial charge is 0.195 e. The Morgan fingerprint density at radius 3 is 2.47 bits per heavy atom. The number of benzene rings is 2. The van der Waals surface area contributed by atoms with E-state index in [4.69, 9.17) is 5.73 Å². The van der Waals surface area contributed by atoms with Gasteiger partial charge in [0, 0.05) is 16.8 Å². The zero-order valence-electron chi connectivity index (χ0n) is 9.47. The number of carbonyl (C=O) groups is 1. The molecule has 0 aliphatic heterocycles. The molecule has 0 fully saturated rings. The van der Waals surface area contributed by atoms with Crippen molar-refractivity contribution < 1.29 is 9.90 Å². The molecule has 0 saturated heterocycles. The molecule has 17 heavy (non-hydrogen) atoms. The Balaban J connectivity index is 2.48. The van der Waals surface area contributed by atoms with Gasteiger partial charge >= 0.3 is 0 Å². The summed E-state index contributed by atoms with van der Waals surface area (Å²) in [5, 5.41) is 9.31. The molecule has 0 spiro atoms. The van der Waals surface area contributed by atoms with Crippen LogP contribution in [0.25, 0.3) is 0 Å². The van der Waals surface area contributed by atoms with Crippen LogP contribution < -0.4 is 5.73 Å². The number of rotatable bonds is 2. The van der Waals surface area contributed by atoms with E-state index in [1.807, 2.05) is 0 Å². The van der Waals surface area contributed by atoms with Gasteiger partial charge in [-0.05, 0) is 42.8 Å². The first-order valence-corrected chi connectivity index (χ1v) is 5.28. The second-order valence-corrected chi connectivity index (χ2v) is 3.92. The van der Waals surface area contributed by atoms with E-state index in [1.54, 1.807) is 43.3 Å². The Morgan fingerprint density at radius 2 is 1.82 bits per heavy atom. The van der Waals surface area contributed by atoms with E-state index in [2.05, 4.69) is 0 Å². The highest BCUT2D eigenvalue weighted by Gasteiger charge is 2.14. The van der Waals surface area contributed by atoms with Gasteiger partial charge in [-0.25, -0.2) is 0 Å². The number of hydrogen-bond acceptors (Lipinski definition) is 3. The van der Waals surface area contributed by atoms with E-state index >= 15 is 0 Å². The van der Waals surface area contributed by atoms with Crippen molar-refractivity contribution >= 4 is 11.5 Å². The summed E-state index contributed by atoms with van der Waals surface area (Å²) in [7, 11) is 0. The predicted molar refractivity (Wildman–Crippen MR) is 67.1 cm³/mol. The van der Waals surface area contributed by atoms with Crippen LogP contribution in [0.3, 0.4) is 0 Å². The summed E-state index contributed by atoms with van der Waals surface area (Å²) in [4.78, 5) is 12.2. The maximum atomic E-state index is 12.2. The van der Waals surface area contributed by atoms with Crippen molar-refractivity contribution in [3.63, 3.8) is 0 Å². The van der Waals surface area contributed by atoms with E-state index in [-0.39, 0.29) is 11.5 Å². The Kier molecular flexibility index (Phi) is 2.83. The molecule has 3 heteroatoms. The summed E-state index contributed by atoms with van der Waals surface area (Å²) in [5.74, 6) is 0.0284. The highest BCUT2D eigenvalue weighted by atomic mass is 16.3. The molecule has 3 N–H and O–H groups in total. The molecule has 0 amide bonds. The summed E-state index contributed by atoms with van der Waals surface area (Å²) >= 11 is 0. The third kappa shape index (κ3) is 2.13.